The monoisotopic (exact) mass is 661 g/mol. The number of aryl methyl sites for hydroxylation is 4. The molecule has 2 aliphatic rings. The van der Waals surface area contributed by atoms with E-state index in [1.54, 1.807) is 5.56 Å². The van der Waals surface area contributed by atoms with Crippen molar-refractivity contribution in [1.29, 1.82) is 0 Å². The van der Waals surface area contributed by atoms with Gasteiger partial charge >= 0.3 is 0 Å². The highest BCUT2D eigenvalue weighted by atomic mass is 15.1. The molecule has 1 aliphatic heterocycles. The zero-order valence-corrected chi connectivity index (χ0v) is 33.6. The molecule has 0 aromatic heterocycles. The van der Waals surface area contributed by atoms with E-state index >= 15 is 0 Å². The van der Waals surface area contributed by atoms with Crippen molar-refractivity contribution in [2.45, 2.75) is 138 Å². The van der Waals surface area contributed by atoms with Crippen LogP contribution < -0.4 is 5.32 Å². The first-order valence-electron chi connectivity index (χ1n) is 19.2. The molecule has 4 rings (SSSR count). The molecule has 1 N–H and O–H groups in total. The summed E-state index contributed by atoms with van der Waals surface area (Å²) in [5.41, 5.74) is 7.61. The molecule has 2 aromatic rings. The second-order valence-corrected chi connectivity index (χ2v) is 14.1. The van der Waals surface area contributed by atoms with Gasteiger partial charge < -0.3 is 10.2 Å². The number of allylic oxidation sites excluding steroid dienone is 1. The zero-order chi connectivity index (χ0) is 36.8. The number of hydrogen-bond donors (Lipinski definition) is 1. The van der Waals surface area contributed by atoms with Gasteiger partial charge in [0.05, 0.1) is 0 Å². The van der Waals surface area contributed by atoms with Gasteiger partial charge in [-0.25, -0.2) is 0 Å². The van der Waals surface area contributed by atoms with E-state index in [1.807, 2.05) is 7.05 Å². The molecule has 2 fully saturated rings. The third-order valence-corrected chi connectivity index (χ3v) is 9.59. The number of unbranched alkanes of at least 4 members (excludes halogenated alkanes) is 5. The Labute approximate surface area is 301 Å². The topological polar surface area (TPSA) is 15.3 Å². The van der Waals surface area contributed by atoms with Gasteiger partial charge in [0.2, 0.25) is 0 Å². The SMILES string of the molecule is C=C.C=C.C=CCC1(C(CCCCNC)c2ccc(C)cc2C)CC1.CC1CCN(C)CC1.CCCCCCC.Cc1ccc(C)cc1. The van der Waals surface area contributed by atoms with Crippen LogP contribution in [0.3, 0.4) is 0 Å². The lowest BCUT2D eigenvalue weighted by Crippen LogP contribution is -2.28. The molecule has 1 saturated carbocycles. The van der Waals surface area contributed by atoms with E-state index in [0.29, 0.717) is 11.3 Å². The van der Waals surface area contributed by atoms with Crippen LogP contribution in [0.1, 0.15) is 138 Å². The molecule has 0 amide bonds. The van der Waals surface area contributed by atoms with Crippen molar-refractivity contribution in [2.75, 3.05) is 33.7 Å². The Morgan fingerprint density at radius 3 is 1.69 bits per heavy atom. The number of hydrogen-bond acceptors (Lipinski definition) is 2. The lowest BCUT2D eigenvalue weighted by atomic mass is 9.76. The van der Waals surface area contributed by atoms with E-state index in [4.69, 9.17) is 0 Å². The number of likely N-dealkylation sites (tertiary alicyclic amines) is 1. The molecule has 1 aliphatic carbocycles. The van der Waals surface area contributed by atoms with Crippen LogP contribution >= 0.6 is 0 Å². The number of nitrogens with zero attached hydrogens (tertiary/aromatic N) is 1. The van der Waals surface area contributed by atoms with Crippen molar-refractivity contribution in [3.8, 4) is 0 Å². The number of nitrogens with one attached hydrogen (secondary N) is 1. The largest absolute Gasteiger partial charge is 0.320 e. The van der Waals surface area contributed by atoms with Crippen molar-refractivity contribution in [2.24, 2.45) is 11.3 Å². The molecule has 2 nitrogen and oxygen atoms in total. The molecular weight excluding hydrogens is 581 g/mol. The zero-order valence-electron chi connectivity index (χ0n) is 33.6. The highest BCUT2D eigenvalue weighted by molar-refractivity contribution is 5.36. The van der Waals surface area contributed by atoms with E-state index in [1.165, 1.54) is 119 Å². The van der Waals surface area contributed by atoms with Gasteiger partial charge in [0.25, 0.3) is 0 Å². The Morgan fingerprint density at radius 2 is 1.29 bits per heavy atom. The van der Waals surface area contributed by atoms with Gasteiger partial charge in [0.1, 0.15) is 0 Å². The molecule has 1 atom stereocenters. The molecule has 1 heterocycles. The molecule has 2 aromatic carbocycles. The summed E-state index contributed by atoms with van der Waals surface area (Å²) in [4.78, 5) is 2.40. The Bertz CT molecular complexity index is 974. The Morgan fingerprint density at radius 1 is 0.792 bits per heavy atom. The molecule has 0 bridgehead atoms. The standard InChI is InChI=1S/C20H31N.C8H10.C7H15N.C7H16.2C2H4/c1-5-11-20(12-13-20)19(8-6-7-14-21-4)18-10-9-16(2)15-17(18)3;2*1-7-3-5-8(2)6-4-7;1-3-5-7-6-4-2;2*1-2/h5,9-10,15,19,21H,1,6-8,11-14H2,2-4H3;3-6H,1-2H3;7H,3-6H2,1-2H3;3-7H2,1-2H3;2*1-2H2. The van der Waals surface area contributed by atoms with E-state index in [2.05, 4.69) is 147 Å². The third-order valence-electron chi connectivity index (χ3n) is 9.59. The first-order valence-corrected chi connectivity index (χ1v) is 19.2. The van der Waals surface area contributed by atoms with Crippen LogP contribution in [-0.2, 0) is 0 Å². The molecular formula is C46H80N2. The lowest BCUT2D eigenvalue weighted by molar-refractivity contribution is 0.230. The summed E-state index contributed by atoms with van der Waals surface area (Å²) in [5.74, 6) is 1.69. The molecule has 274 valence electrons. The minimum atomic E-state index is 0.515. The maximum atomic E-state index is 4.00. The molecule has 0 radical (unpaired) electrons. The minimum Gasteiger partial charge on any atom is -0.320 e. The van der Waals surface area contributed by atoms with Crippen molar-refractivity contribution < 1.29 is 0 Å². The quantitative estimate of drug-likeness (QED) is 0.170. The predicted octanol–water partition coefficient (Wildman–Crippen LogP) is 13.4. The first-order chi connectivity index (χ1) is 23.1. The average molecular weight is 661 g/mol. The van der Waals surface area contributed by atoms with E-state index in [9.17, 15) is 0 Å². The average Bonchev–Trinajstić information content (AvgIpc) is 3.88. The fourth-order valence-corrected chi connectivity index (χ4v) is 6.25. The number of benzene rings is 2. The summed E-state index contributed by atoms with van der Waals surface area (Å²) in [6.07, 6.45) is 19.8. The minimum absolute atomic E-state index is 0.515. The van der Waals surface area contributed by atoms with Gasteiger partial charge in [0, 0.05) is 0 Å². The number of piperidine rings is 1. The van der Waals surface area contributed by atoms with Gasteiger partial charge in [-0.1, -0.05) is 125 Å². The van der Waals surface area contributed by atoms with E-state index in [-0.39, 0.29) is 0 Å². The Hall–Kier alpha value is -2.42. The maximum Gasteiger partial charge on any atom is -0.00192 e. The Balaban J connectivity index is 0. The van der Waals surface area contributed by atoms with Crippen molar-refractivity contribution in [3.05, 3.63) is 109 Å². The summed E-state index contributed by atoms with van der Waals surface area (Å²) >= 11 is 0. The highest BCUT2D eigenvalue weighted by Crippen LogP contribution is 2.60. The fourth-order valence-electron chi connectivity index (χ4n) is 6.25. The highest BCUT2D eigenvalue weighted by Gasteiger charge is 2.48. The van der Waals surface area contributed by atoms with Gasteiger partial charge in [0.15, 0.2) is 0 Å². The van der Waals surface area contributed by atoms with Crippen LogP contribution in [0, 0.1) is 39.0 Å². The predicted molar refractivity (Wildman–Crippen MR) is 222 cm³/mol. The number of rotatable bonds is 13. The summed E-state index contributed by atoms with van der Waals surface area (Å²) in [6.45, 7) is 35.2. The summed E-state index contributed by atoms with van der Waals surface area (Å²) in [6, 6.07) is 15.5. The van der Waals surface area contributed by atoms with Crippen LogP contribution in [0.4, 0.5) is 0 Å². The molecule has 1 saturated heterocycles. The van der Waals surface area contributed by atoms with Crippen LogP contribution in [0.25, 0.3) is 0 Å². The summed E-state index contributed by atoms with van der Waals surface area (Å²) < 4.78 is 0. The lowest BCUT2D eigenvalue weighted by Gasteiger charge is -2.28. The summed E-state index contributed by atoms with van der Waals surface area (Å²) in [5, 5.41) is 3.26. The van der Waals surface area contributed by atoms with Gasteiger partial charge in [-0.3, -0.25) is 0 Å². The van der Waals surface area contributed by atoms with Crippen molar-refractivity contribution in [1.82, 2.24) is 10.2 Å². The van der Waals surface area contributed by atoms with Gasteiger partial charge in [-0.2, -0.15) is 0 Å². The van der Waals surface area contributed by atoms with Crippen molar-refractivity contribution >= 4 is 0 Å². The first kappa shape index (κ1) is 47.7. The molecule has 1 unspecified atom stereocenters. The molecule has 0 spiro atoms. The van der Waals surface area contributed by atoms with E-state index < -0.39 is 0 Å². The second-order valence-electron chi connectivity index (χ2n) is 14.1. The van der Waals surface area contributed by atoms with Crippen LogP contribution in [0.15, 0.2) is 81.4 Å². The molecule has 2 heteroatoms. The summed E-state index contributed by atoms with van der Waals surface area (Å²) in [7, 11) is 4.24. The van der Waals surface area contributed by atoms with Crippen LogP contribution in [0.2, 0.25) is 0 Å². The van der Waals surface area contributed by atoms with Crippen LogP contribution in [0.5, 0.6) is 0 Å². The van der Waals surface area contributed by atoms with E-state index in [0.717, 1.165) is 12.5 Å². The second kappa shape index (κ2) is 30.6. The van der Waals surface area contributed by atoms with Crippen LogP contribution in [-0.4, -0.2) is 38.6 Å². The Kier molecular flexibility index (Phi) is 30.4. The molecule has 48 heavy (non-hydrogen) atoms. The fraction of sp³-hybridized carbons (Fsp3) is 0.609. The van der Waals surface area contributed by atoms with Crippen molar-refractivity contribution in [3.63, 3.8) is 0 Å². The normalized spacial score (nSPS) is 15.1. The van der Waals surface area contributed by atoms with Gasteiger partial charge in [-0.15, -0.1) is 32.9 Å². The van der Waals surface area contributed by atoms with Gasteiger partial charge in [-0.05, 0) is 135 Å². The third kappa shape index (κ3) is 22.3. The smallest absolute Gasteiger partial charge is 0.00192 e. The maximum absolute atomic E-state index is 4.00.